The Hall–Kier alpha value is -0.610. The van der Waals surface area contributed by atoms with Gasteiger partial charge >= 0.3 is 5.97 Å². The van der Waals surface area contributed by atoms with Crippen LogP contribution in [-0.4, -0.2) is 29.8 Å². The van der Waals surface area contributed by atoms with E-state index in [9.17, 15) is 4.79 Å². The van der Waals surface area contributed by atoms with Crippen molar-refractivity contribution < 1.29 is 14.6 Å². The Morgan fingerprint density at radius 3 is 2.36 bits per heavy atom. The maximum Gasteiger partial charge on any atom is 0.323 e. The zero-order valence-electron chi connectivity index (χ0n) is 7.13. The molecule has 0 aliphatic rings. The van der Waals surface area contributed by atoms with Crippen molar-refractivity contribution in [3.8, 4) is 0 Å². The molecule has 2 unspecified atom stereocenters. The Morgan fingerprint density at radius 2 is 2.27 bits per heavy atom. The van der Waals surface area contributed by atoms with E-state index in [0.717, 1.165) is 0 Å². The Balaban J connectivity index is 4.36. The fourth-order valence-corrected chi connectivity index (χ4v) is 0.752. The largest absolute Gasteiger partial charge is 0.480 e. The van der Waals surface area contributed by atoms with Crippen LogP contribution in [0.25, 0.3) is 0 Å². The van der Waals surface area contributed by atoms with E-state index < -0.39 is 17.6 Å². The highest BCUT2D eigenvalue weighted by Gasteiger charge is 2.34. The fraction of sp³-hybridized carbons (Fsp3) is 0.857. The second-order valence-electron chi connectivity index (χ2n) is 2.69. The third-order valence-corrected chi connectivity index (χ3v) is 2.09. The molecule has 0 aromatic carbocycles. The molecular formula is C7H15NO3. The van der Waals surface area contributed by atoms with E-state index in [1.807, 2.05) is 6.92 Å². The van der Waals surface area contributed by atoms with Gasteiger partial charge in [0.25, 0.3) is 0 Å². The minimum Gasteiger partial charge on any atom is -0.480 e. The summed E-state index contributed by atoms with van der Waals surface area (Å²) < 4.78 is 5.00. The zero-order chi connectivity index (χ0) is 9.07. The minimum atomic E-state index is -1.03. The molecule has 0 saturated carbocycles. The topological polar surface area (TPSA) is 72.5 Å². The predicted molar refractivity (Wildman–Crippen MR) is 41.3 cm³/mol. The van der Waals surface area contributed by atoms with Gasteiger partial charge in [0.15, 0.2) is 0 Å². The molecule has 0 amide bonds. The molecular weight excluding hydrogens is 146 g/mol. The molecule has 66 valence electrons. The lowest BCUT2D eigenvalue weighted by Crippen LogP contribution is -2.51. The summed E-state index contributed by atoms with van der Waals surface area (Å²) in [6.07, 6.45) is 0.580. The third kappa shape index (κ3) is 2.17. The van der Waals surface area contributed by atoms with Crippen LogP contribution < -0.4 is 5.73 Å². The van der Waals surface area contributed by atoms with Crippen molar-refractivity contribution in [3.63, 3.8) is 0 Å². The van der Waals surface area contributed by atoms with Crippen molar-refractivity contribution in [2.75, 3.05) is 7.11 Å². The molecule has 0 rings (SSSR count). The molecule has 0 aromatic heterocycles. The number of carboxylic acid groups (broad SMARTS) is 1. The van der Waals surface area contributed by atoms with Crippen LogP contribution in [0.2, 0.25) is 0 Å². The van der Waals surface area contributed by atoms with Crippen LogP contribution in [0.3, 0.4) is 0 Å². The van der Waals surface area contributed by atoms with Crippen molar-refractivity contribution in [1.29, 1.82) is 0 Å². The summed E-state index contributed by atoms with van der Waals surface area (Å²) >= 11 is 0. The predicted octanol–water partition coefficient (Wildman–Crippen LogP) is 0.213. The van der Waals surface area contributed by atoms with Gasteiger partial charge in [-0.25, -0.2) is 0 Å². The van der Waals surface area contributed by atoms with E-state index in [1.165, 1.54) is 7.11 Å². The SMILES string of the molecule is CCC(C)(OC)C(N)C(=O)O. The molecule has 2 atom stereocenters. The van der Waals surface area contributed by atoms with Crippen LogP contribution >= 0.6 is 0 Å². The Kier molecular flexibility index (Phi) is 3.48. The molecule has 0 radical (unpaired) electrons. The first kappa shape index (κ1) is 10.4. The van der Waals surface area contributed by atoms with E-state index in [0.29, 0.717) is 6.42 Å². The summed E-state index contributed by atoms with van der Waals surface area (Å²) in [7, 11) is 1.46. The molecule has 0 bridgehead atoms. The average Bonchev–Trinajstić information content (AvgIpc) is 2.01. The van der Waals surface area contributed by atoms with E-state index in [1.54, 1.807) is 6.92 Å². The van der Waals surface area contributed by atoms with E-state index in [2.05, 4.69) is 0 Å². The monoisotopic (exact) mass is 161 g/mol. The van der Waals surface area contributed by atoms with Crippen LogP contribution in [0.4, 0.5) is 0 Å². The molecule has 0 aliphatic carbocycles. The quantitative estimate of drug-likeness (QED) is 0.618. The van der Waals surface area contributed by atoms with E-state index >= 15 is 0 Å². The molecule has 3 N–H and O–H groups in total. The molecule has 0 saturated heterocycles. The van der Waals surface area contributed by atoms with Gasteiger partial charge in [-0.2, -0.15) is 0 Å². The molecule has 4 heteroatoms. The molecule has 0 aromatic rings. The summed E-state index contributed by atoms with van der Waals surface area (Å²) in [6, 6.07) is -0.961. The lowest BCUT2D eigenvalue weighted by molar-refractivity contribution is -0.146. The highest BCUT2D eigenvalue weighted by molar-refractivity contribution is 5.74. The molecule has 11 heavy (non-hydrogen) atoms. The van der Waals surface area contributed by atoms with Gasteiger partial charge in [-0.1, -0.05) is 6.92 Å². The summed E-state index contributed by atoms with van der Waals surface area (Å²) in [4.78, 5) is 10.5. The van der Waals surface area contributed by atoms with Gasteiger partial charge in [-0.15, -0.1) is 0 Å². The lowest BCUT2D eigenvalue weighted by atomic mass is 9.94. The van der Waals surface area contributed by atoms with Crippen LogP contribution in [0, 0.1) is 0 Å². The maximum absolute atomic E-state index is 10.5. The Morgan fingerprint density at radius 1 is 1.82 bits per heavy atom. The number of methoxy groups -OCH3 is 1. The maximum atomic E-state index is 10.5. The van der Waals surface area contributed by atoms with Gasteiger partial charge in [-0.05, 0) is 13.3 Å². The number of hydrogen-bond acceptors (Lipinski definition) is 3. The van der Waals surface area contributed by atoms with Crippen molar-refractivity contribution in [1.82, 2.24) is 0 Å². The van der Waals surface area contributed by atoms with Crippen LogP contribution in [0.15, 0.2) is 0 Å². The third-order valence-electron chi connectivity index (χ3n) is 2.09. The number of aliphatic carboxylic acids is 1. The zero-order valence-corrected chi connectivity index (χ0v) is 7.13. The van der Waals surface area contributed by atoms with Gasteiger partial charge in [0, 0.05) is 7.11 Å². The van der Waals surface area contributed by atoms with Crippen molar-refractivity contribution in [2.45, 2.75) is 31.9 Å². The van der Waals surface area contributed by atoms with Crippen LogP contribution in [0.1, 0.15) is 20.3 Å². The summed E-state index contributed by atoms with van der Waals surface area (Å²) in [5.74, 6) is -1.03. The van der Waals surface area contributed by atoms with Crippen molar-refractivity contribution in [3.05, 3.63) is 0 Å². The van der Waals surface area contributed by atoms with Crippen molar-refractivity contribution >= 4 is 5.97 Å². The standard InChI is InChI=1S/C7H15NO3/c1-4-7(2,11-3)5(8)6(9)10/h5H,4,8H2,1-3H3,(H,9,10). The van der Waals surface area contributed by atoms with Crippen LogP contribution in [-0.2, 0) is 9.53 Å². The van der Waals surface area contributed by atoms with Crippen LogP contribution in [0.5, 0.6) is 0 Å². The van der Waals surface area contributed by atoms with Gasteiger partial charge in [0.2, 0.25) is 0 Å². The first-order valence-corrected chi connectivity index (χ1v) is 3.51. The number of nitrogens with two attached hydrogens (primary N) is 1. The van der Waals surface area contributed by atoms with Gasteiger partial charge < -0.3 is 15.6 Å². The molecule has 0 spiro atoms. The summed E-state index contributed by atoms with van der Waals surface area (Å²) in [6.45, 7) is 3.53. The van der Waals surface area contributed by atoms with E-state index in [4.69, 9.17) is 15.6 Å². The Bertz CT molecular complexity index is 143. The molecule has 0 aliphatic heterocycles. The van der Waals surface area contributed by atoms with Crippen molar-refractivity contribution in [2.24, 2.45) is 5.73 Å². The van der Waals surface area contributed by atoms with Gasteiger partial charge in [0.05, 0.1) is 5.60 Å². The molecule has 0 fully saturated rings. The summed E-state index contributed by atoms with van der Waals surface area (Å²) in [5.41, 5.74) is 4.63. The molecule has 0 heterocycles. The normalized spacial score (nSPS) is 18.9. The highest BCUT2D eigenvalue weighted by Crippen LogP contribution is 2.17. The lowest BCUT2D eigenvalue weighted by Gasteiger charge is -2.30. The smallest absolute Gasteiger partial charge is 0.323 e. The Labute approximate surface area is 66.3 Å². The van der Waals surface area contributed by atoms with Gasteiger partial charge in [-0.3, -0.25) is 4.79 Å². The number of hydrogen-bond donors (Lipinski definition) is 2. The number of rotatable bonds is 4. The first-order valence-electron chi connectivity index (χ1n) is 3.51. The fourth-order valence-electron chi connectivity index (χ4n) is 0.752. The van der Waals surface area contributed by atoms with Gasteiger partial charge in [0.1, 0.15) is 6.04 Å². The summed E-state index contributed by atoms with van der Waals surface area (Å²) in [5, 5.41) is 8.57. The number of carboxylic acids is 1. The number of carbonyl (C=O) groups is 1. The average molecular weight is 161 g/mol. The highest BCUT2D eigenvalue weighted by atomic mass is 16.5. The van der Waals surface area contributed by atoms with E-state index in [-0.39, 0.29) is 0 Å². The first-order chi connectivity index (χ1) is 4.98. The second-order valence-corrected chi connectivity index (χ2v) is 2.69. The minimum absolute atomic E-state index is 0.580. The number of ether oxygens (including phenoxy) is 1. The molecule has 4 nitrogen and oxygen atoms in total. The second kappa shape index (κ2) is 3.69.